The van der Waals surface area contributed by atoms with Gasteiger partial charge in [0.05, 0.1) is 0 Å². The van der Waals surface area contributed by atoms with Crippen LogP contribution in [0, 0.1) is 17.8 Å². The average molecular weight is 297 g/mol. The van der Waals surface area contributed by atoms with Crippen LogP contribution in [0.3, 0.4) is 0 Å². The van der Waals surface area contributed by atoms with Crippen molar-refractivity contribution in [2.75, 3.05) is 19.6 Å². The molecule has 0 bridgehead atoms. The highest BCUT2D eigenvalue weighted by Gasteiger charge is 2.34. The molecular weight excluding hydrogens is 256 g/mol. The van der Waals surface area contributed by atoms with E-state index in [0.717, 1.165) is 30.3 Å². The number of unbranched alkanes of at least 4 members (excludes halogenated alkanes) is 2. The maximum Gasteiger partial charge on any atom is 0.0112 e. The van der Waals surface area contributed by atoms with Gasteiger partial charge in [0.1, 0.15) is 0 Å². The first-order chi connectivity index (χ1) is 9.99. The molecule has 0 radical (unpaired) electrons. The van der Waals surface area contributed by atoms with Crippen molar-refractivity contribution in [3.05, 3.63) is 0 Å². The van der Waals surface area contributed by atoms with Crippen LogP contribution in [0.5, 0.6) is 0 Å². The van der Waals surface area contributed by atoms with Crippen molar-refractivity contribution in [3.63, 3.8) is 0 Å². The molecule has 1 fully saturated rings. The molecule has 0 aromatic rings. The molecular formula is C19H40N2. The molecule has 1 aliphatic carbocycles. The van der Waals surface area contributed by atoms with Gasteiger partial charge >= 0.3 is 0 Å². The molecule has 0 spiro atoms. The van der Waals surface area contributed by atoms with Gasteiger partial charge in [-0.3, -0.25) is 0 Å². The lowest BCUT2D eigenvalue weighted by molar-refractivity contribution is 0.0865. The molecule has 2 nitrogen and oxygen atoms in total. The van der Waals surface area contributed by atoms with Gasteiger partial charge in [0.15, 0.2) is 0 Å². The fourth-order valence-corrected chi connectivity index (χ4v) is 4.11. The van der Waals surface area contributed by atoms with Crippen LogP contribution >= 0.6 is 0 Å². The highest BCUT2D eigenvalue weighted by atomic mass is 15.2. The van der Waals surface area contributed by atoms with Crippen molar-refractivity contribution in [1.82, 2.24) is 10.2 Å². The second-order valence-electron chi connectivity index (χ2n) is 7.68. The Kier molecular flexibility index (Phi) is 8.89. The van der Waals surface area contributed by atoms with E-state index in [2.05, 4.69) is 51.8 Å². The minimum atomic E-state index is 0.677. The van der Waals surface area contributed by atoms with Crippen molar-refractivity contribution in [2.24, 2.45) is 17.8 Å². The third-order valence-corrected chi connectivity index (χ3v) is 5.37. The maximum atomic E-state index is 3.78. The third kappa shape index (κ3) is 6.28. The molecule has 1 N–H and O–H groups in total. The van der Waals surface area contributed by atoms with Gasteiger partial charge in [0.2, 0.25) is 0 Å². The second kappa shape index (κ2) is 9.84. The zero-order chi connectivity index (χ0) is 15.8. The number of nitrogens with one attached hydrogen (secondary N) is 1. The van der Waals surface area contributed by atoms with Crippen LogP contribution in [-0.4, -0.2) is 36.6 Å². The summed E-state index contributed by atoms with van der Waals surface area (Å²) in [5, 5.41) is 3.78. The lowest BCUT2D eigenvalue weighted by Crippen LogP contribution is -2.50. The molecule has 1 saturated carbocycles. The summed E-state index contributed by atoms with van der Waals surface area (Å²) in [5.41, 5.74) is 0. The monoisotopic (exact) mass is 296 g/mol. The molecule has 0 saturated heterocycles. The van der Waals surface area contributed by atoms with Crippen LogP contribution in [0.4, 0.5) is 0 Å². The molecule has 0 aromatic heterocycles. The van der Waals surface area contributed by atoms with Gasteiger partial charge in [-0.1, -0.05) is 40.5 Å². The van der Waals surface area contributed by atoms with Crippen LogP contribution < -0.4 is 5.32 Å². The Morgan fingerprint density at radius 2 is 1.81 bits per heavy atom. The molecule has 4 unspecified atom stereocenters. The molecule has 126 valence electrons. The van der Waals surface area contributed by atoms with E-state index in [9.17, 15) is 0 Å². The Morgan fingerprint density at radius 1 is 1.10 bits per heavy atom. The van der Waals surface area contributed by atoms with Crippen LogP contribution in [-0.2, 0) is 0 Å². The molecule has 0 heterocycles. The molecule has 1 aliphatic rings. The van der Waals surface area contributed by atoms with Gasteiger partial charge in [-0.25, -0.2) is 0 Å². The first-order valence-electron chi connectivity index (χ1n) is 9.46. The van der Waals surface area contributed by atoms with E-state index in [4.69, 9.17) is 0 Å². The smallest absolute Gasteiger partial charge is 0.0112 e. The maximum absolute atomic E-state index is 3.78. The van der Waals surface area contributed by atoms with Gasteiger partial charge in [-0.05, 0) is 64.0 Å². The summed E-state index contributed by atoms with van der Waals surface area (Å²) in [7, 11) is 0. The highest BCUT2D eigenvalue weighted by molar-refractivity contribution is 4.89. The van der Waals surface area contributed by atoms with Gasteiger partial charge < -0.3 is 10.2 Å². The second-order valence-corrected chi connectivity index (χ2v) is 7.68. The lowest BCUT2D eigenvalue weighted by Gasteiger charge is -2.43. The summed E-state index contributed by atoms with van der Waals surface area (Å²) in [4.78, 5) is 2.73. The normalized spacial score (nSPS) is 30.3. The Bertz CT molecular complexity index is 264. The number of rotatable bonds is 9. The van der Waals surface area contributed by atoms with E-state index >= 15 is 0 Å². The van der Waals surface area contributed by atoms with Gasteiger partial charge in [0, 0.05) is 18.6 Å². The van der Waals surface area contributed by atoms with Crippen LogP contribution in [0.15, 0.2) is 0 Å². The first kappa shape index (κ1) is 19.0. The van der Waals surface area contributed by atoms with Crippen molar-refractivity contribution in [3.8, 4) is 0 Å². The average Bonchev–Trinajstić information content (AvgIpc) is 2.40. The Labute approximate surface area is 134 Å². The Morgan fingerprint density at radius 3 is 2.38 bits per heavy atom. The predicted molar refractivity (Wildman–Crippen MR) is 94.8 cm³/mol. The van der Waals surface area contributed by atoms with Crippen molar-refractivity contribution >= 4 is 0 Å². The van der Waals surface area contributed by atoms with Crippen molar-refractivity contribution < 1.29 is 0 Å². The summed E-state index contributed by atoms with van der Waals surface area (Å²) in [6, 6.07) is 1.40. The van der Waals surface area contributed by atoms with E-state index in [-0.39, 0.29) is 0 Å². The van der Waals surface area contributed by atoms with Gasteiger partial charge in [-0.2, -0.15) is 0 Å². The summed E-state index contributed by atoms with van der Waals surface area (Å²) >= 11 is 0. The van der Waals surface area contributed by atoms with Crippen LogP contribution in [0.2, 0.25) is 0 Å². The van der Waals surface area contributed by atoms with Gasteiger partial charge in [-0.15, -0.1) is 0 Å². The number of hydrogen-bond acceptors (Lipinski definition) is 2. The SMILES string of the molecule is CCCCCN(CC1C(C)CC(C)CC1NCC)C(C)C. The molecule has 1 rings (SSSR count). The van der Waals surface area contributed by atoms with E-state index in [1.165, 1.54) is 45.2 Å². The minimum Gasteiger partial charge on any atom is -0.314 e. The summed E-state index contributed by atoms with van der Waals surface area (Å²) in [5.74, 6) is 2.56. The van der Waals surface area contributed by atoms with Gasteiger partial charge in [0.25, 0.3) is 0 Å². The topological polar surface area (TPSA) is 15.3 Å². The molecule has 21 heavy (non-hydrogen) atoms. The number of hydrogen-bond donors (Lipinski definition) is 1. The standard InChI is InChI=1S/C19H40N2/c1-7-9-10-11-21(15(3)4)14-18-17(6)12-16(5)13-19(18)20-8-2/h15-20H,7-14H2,1-6H3. The highest BCUT2D eigenvalue weighted by Crippen LogP contribution is 2.34. The van der Waals surface area contributed by atoms with E-state index in [1.54, 1.807) is 0 Å². The van der Waals surface area contributed by atoms with E-state index < -0.39 is 0 Å². The molecule has 0 aromatic carbocycles. The zero-order valence-corrected chi connectivity index (χ0v) is 15.5. The van der Waals surface area contributed by atoms with Crippen LogP contribution in [0.25, 0.3) is 0 Å². The Balaban J connectivity index is 2.63. The predicted octanol–water partition coefficient (Wildman–Crippen LogP) is 4.55. The first-order valence-corrected chi connectivity index (χ1v) is 9.46. The Hall–Kier alpha value is -0.0800. The minimum absolute atomic E-state index is 0.677. The van der Waals surface area contributed by atoms with Crippen LogP contribution in [0.1, 0.15) is 73.6 Å². The third-order valence-electron chi connectivity index (χ3n) is 5.37. The largest absolute Gasteiger partial charge is 0.314 e. The molecule has 2 heteroatoms. The summed E-state index contributed by atoms with van der Waals surface area (Å²) < 4.78 is 0. The molecule has 4 atom stereocenters. The fourth-order valence-electron chi connectivity index (χ4n) is 4.11. The summed E-state index contributed by atoms with van der Waals surface area (Å²) in [6.07, 6.45) is 6.83. The van der Waals surface area contributed by atoms with Crippen molar-refractivity contribution in [2.45, 2.75) is 85.7 Å². The molecule has 0 aliphatic heterocycles. The van der Waals surface area contributed by atoms with E-state index in [1.807, 2.05) is 0 Å². The quantitative estimate of drug-likeness (QED) is 0.628. The molecule has 0 amide bonds. The fraction of sp³-hybridized carbons (Fsp3) is 1.00. The van der Waals surface area contributed by atoms with Crippen molar-refractivity contribution in [1.29, 1.82) is 0 Å². The van der Waals surface area contributed by atoms with E-state index in [0.29, 0.717) is 6.04 Å². The zero-order valence-electron chi connectivity index (χ0n) is 15.5. The summed E-state index contributed by atoms with van der Waals surface area (Å²) in [6.45, 7) is 17.9. The lowest BCUT2D eigenvalue weighted by atomic mass is 9.72. The number of nitrogens with zero attached hydrogens (tertiary/aromatic N) is 1.